The molecule has 144 valence electrons. The first kappa shape index (κ1) is 19.8. The third-order valence-corrected chi connectivity index (χ3v) is 4.75. The highest BCUT2D eigenvalue weighted by Crippen LogP contribution is 2.17. The van der Waals surface area contributed by atoms with Gasteiger partial charge in [-0.1, -0.05) is 60.1 Å². The Morgan fingerprint density at radius 2 is 1.71 bits per heavy atom. The number of rotatable bonds is 7. The molecular weight excluding hydrogens is 372 g/mol. The number of carbonyl (C=O) groups is 1. The van der Waals surface area contributed by atoms with E-state index in [1.165, 1.54) is 0 Å². The van der Waals surface area contributed by atoms with Crippen molar-refractivity contribution in [2.24, 2.45) is 0 Å². The first-order valence-electron chi connectivity index (χ1n) is 9.20. The number of carbonyl (C=O) groups excluding carboxylic acids is 1. The van der Waals surface area contributed by atoms with Crippen LogP contribution in [0.5, 0.6) is 0 Å². The van der Waals surface area contributed by atoms with E-state index in [-0.39, 0.29) is 11.9 Å². The Hall–Kier alpha value is -2.92. The average molecular weight is 395 g/mol. The van der Waals surface area contributed by atoms with Gasteiger partial charge >= 0.3 is 0 Å². The van der Waals surface area contributed by atoms with Crippen LogP contribution < -0.4 is 5.32 Å². The number of anilines is 1. The highest BCUT2D eigenvalue weighted by molar-refractivity contribution is 6.31. The van der Waals surface area contributed by atoms with Crippen LogP contribution in [0.3, 0.4) is 0 Å². The maximum Gasteiger partial charge on any atom is 0.274 e. The lowest BCUT2D eigenvalue weighted by atomic mass is 10.1. The maximum atomic E-state index is 12.9. The van der Waals surface area contributed by atoms with Gasteiger partial charge in [0, 0.05) is 24.2 Å². The van der Waals surface area contributed by atoms with Crippen LogP contribution in [0.25, 0.3) is 0 Å². The van der Waals surface area contributed by atoms with Crippen molar-refractivity contribution in [1.29, 1.82) is 0 Å². The molecule has 0 spiro atoms. The quantitative estimate of drug-likeness (QED) is 0.625. The largest absolute Gasteiger partial charge is 0.364 e. The average Bonchev–Trinajstić information content (AvgIpc) is 2.72. The van der Waals surface area contributed by atoms with Crippen molar-refractivity contribution in [1.82, 2.24) is 15.1 Å². The molecule has 0 atom stereocenters. The van der Waals surface area contributed by atoms with Gasteiger partial charge < -0.3 is 10.2 Å². The molecule has 2 aromatic carbocycles. The Balaban J connectivity index is 1.67. The topological polar surface area (TPSA) is 58.1 Å². The van der Waals surface area contributed by atoms with Crippen molar-refractivity contribution in [3.05, 3.63) is 88.6 Å². The highest BCUT2D eigenvalue weighted by Gasteiger charge is 2.20. The van der Waals surface area contributed by atoms with Gasteiger partial charge in [-0.2, -0.15) is 0 Å². The third-order valence-electron chi connectivity index (χ3n) is 4.38. The van der Waals surface area contributed by atoms with Gasteiger partial charge in [0.15, 0.2) is 5.69 Å². The predicted molar refractivity (Wildman–Crippen MR) is 112 cm³/mol. The van der Waals surface area contributed by atoms with E-state index in [4.69, 9.17) is 11.6 Å². The number of nitrogens with one attached hydrogen (secondary N) is 1. The molecule has 0 radical (unpaired) electrons. The molecule has 0 saturated heterocycles. The summed E-state index contributed by atoms with van der Waals surface area (Å²) < 4.78 is 0. The number of benzene rings is 2. The number of aromatic nitrogens is 2. The minimum absolute atomic E-state index is 0.0486. The molecule has 1 amide bonds. The fourth-order valence-corrected chi connectivity index (χ4v) is 2.99. The fraction of sp³-hybridized carbons (Fsp3) is 0.227. The lowest BCUT2D eigenvalue weighted by Gasteiger charge is -2.26. The lowest BCUT2D eigenvalue weighted by molar-refractivity contribution is 0.0683. The normalized spacial score (nSPS) is 10.7. The lowest BCUT2D eigenvalue weighted by Crippen LogP contribution is -2.37. The molecule has 0 aliphatic carbocycles. The summed E-state index contributed by atoms with van der Waals surface area (Å²) in [4.78, 5) is 14.7. The number of nitrogens with zero attached hydrogens (tertiary/aromatic N) is 3. The second-order valence-electron chi connectivity index (χ2n) is 6.76. The summed E-state index contributed by atoms with van der Waals surface area (Å²) >= 11 is 6.16. The van der Waals surface area contributed by atoms with Crippen LogP contribution in [-0.2, 0) is 13.1 Å². The predicted octanol–water partition coefficient (Wildman–Crippen LogP) is 4.79. The van der Waals surface area contributed by atoms with Gasteiger partial charge in [0.1, 0.15) is 5.82 Å². The van der Waals surface area contributed by atoms with Crippen LogP contribution >= 0.6 is 11.6 Å². The molecule has 3 rings (SSSR count). The van der Waals surface area contributed by atoms with E-state index in [0.29, 0.717) is 29.6 Å². The molecule has 0 saturated carbocycles. The highest BCUT2D eigenvalue weighted by atomic mass is 35.5. The fourth-order valence-electron chi connectivity index (χ4n) is 2.78. The summed E-state index contributed by atoms with van der Waals surface area (Å²) in [5.74, 6) is 0.458. The molecule has 0 unspecified atom stereocenters. The van der Waals surface area contributed by atoms with Crippen LogP contribution in [0.15, 0.2) is 66.7 Å². The Morgan fingerprint density at radius 1 is 1.00 bits per heavy atom. The summed E-state index contributed by atoms with van der Waals surface area (Å²) in [5.41, 5.74) is 2.38. The molecule has 1 aromatic heterocycles. The molecule has 1 N–H and O–H groups in total. The van der Waals surface area contributed by atoms with E-state index in [1.54, 1.807) is 17.0 Å². The molecule has 0 fully saturated rings. The molecule has 0 aliphatic rings. The van der Waals surface area contributed by atoms with Gasteiger partial charge in [-0.3, -0.25) is 4.79 Å². The zero-order chi connectivity index (χ0) is 19.9. The van der Waals surface area contributed by atoms with Crippen molar-refractivity contribution < 1.29 is 4.79 Å². The summed E-state index contributed by atoms with van der Waals surface area (Å²) in [5, 5.41) is 12.1. The van der Waals surface area contributed by atoms with E-state index in [9.17, 15) is 4.79 Å². The van der Waals surface area contributed by atoms with Crippen molar-refractivity contribution >= 4 is 23.3 Å². The second kappa shape index (κ2) is 9.33. The molecule has 5 nitrogen and oxygen atoms in total. The molecule has 0 bridgehead atoms. The zero-order valence-corrected chi connectivity index (χ0v) is 16.7. The minimum Gasteiger partial charge on any atom is -0.364 e. The SMILES string of the molecule is CC(C)N(Cc1ccccc1)C(=O)c1ccc(NCc2ccccc2Cl)nn1. The van der Waals surface area contributed by atoms with Gasteiger partial charge in [-0.15, -0.1) is 10.2 Å². The molecule has 6 heteroatoms. The van der Waals surface area contributed by atoms with E-state index in [0.717, 1.165) is 11.1 Å². The summed E-state index contributed by atoms with van der Waals surface area (Å²) in [6, 6.07) is 21.1. The van der Waals surface area contributed by atoms with Crippen molar-refractivity contribution in [2.45, 2.75) is 33.0 Å². The summed E-state index contributed by atoms with van der Waals surface area (Å²) in [6.07, 6.45) is 0. The van der Waals surface area contributed by atoms with Gasteiger partial charge in [0.05, 0.1) is 0 Å². The Labute approximate surface area is 170 Å². The van der Waals surface area contributed by atoms with E-state index >= 15 is 0 Å². The van der Waals surface area contributed by atoms with Gasteiger partial charge in [0.2, 0.25) is 0 Å². The van der Waals surface area contributed by atoms with Gasteiger partial charge in [-0.25, -0.2) is 0 Å². The van der Waals surface area contributed by atoms with Crippen LogP contribution in [-0.4, -0.2) is 27.0 Å². The smallest absolute Gasteiger partial charge is 0.274 e. The van der Waals surface area contributed by atoms with Crippen LogP contribution in [0.2, 0.25) is 5.02 Å². The molecular formula is C22H23ClN4O. The number of hydrogen-bond acceptors (Lipinski definition) is 4. The Kier molecular flexibility index (Phi) is 6.61. The van der Waals surface area contributed by atoms with Gasteiger partial charge in [0.25, 0.3) is 5.91 Å². The monoisotopic (exact) mass is 394 g/mol. The standard InChI is InChI=1S/C22H23ClN4O/c1-16(2)27(15-17-8-4-3-5-9-17)22(28)20-12-13-21(26-25-20)24-14-18-10-6-7-11-19(18)23/h3-13,16H,14-15H2,1-2H3,(H,24,26). The molecule has 3 aromatic rings. The van der Waals surface area contributed by atoms with E-state index < -0.39 is 0 Å². The molecule has 28 heavy (non-hydrogen) atoms. The van der Waals surface area contributed by atoms with Crippen molar-refractivity contribution in [2.75, 3.05) is 5.32 Å². The minimum atomic E-state index is -0.135. The summed E-state index contributed by atoms with van der Waals surface area (Å²) in [6.45, 7) is 5.06. The van der Waals surface area contributed by atoms with E-state index in [2.05, 4.69) is 15.5 Å². The maximum absolute atomic E-state index is 12.9. The Morgan fingerprint density at radius 3 is 2.36 bits per heavy atom. The first-order valence-corrected chi connectivity index (χ1v) is 9.58. The van der Waals surface area contributed by atoms with E-state index in [1.807, 2.05) is 68.4 Å². The number of halogens is 1. The van der Waals surface area contributed by atoms with Crippen LogP contribution in [0.1, 0.15) is 35.5 Å². The third kappa shape index (κ3) is 5.08. The second-order valence-corrected chi connectivity index (χ2v) is 7.17. The molecule has 1 heterocycles. The van der Waals surface area contributed by atoms with Crippen molar-refractivity contribution in [3.63, 3.8) is 0 Å². The first-order chi connectivity index (χ1) is 13.5. The van der Waals surface area contributed by atoms with Crippen molar-refractivity contribution in [3.8, 4) is 0 Å². The number of amides is 1. The zero-order valence-electron chi connectivity index (χ0n) is 16.0. The molecule has 0 aliphatic heterocycles. The van der Waals surface area contributed by atoms with Crippen LogP contribution in [0, 0.1) is 0 Å². The van der Waals surface area contributed by atoms with Crippen LogP contribution in [0.4, 0.5) is 5.82 Å². The van der Waals surface area contributed by atoms with Gasteiger partial charge in [-0.05, 0) is 43.2 Å². The summed E-state index contributed by atoms with van der Waals surface area (Å²) in [7, 11) is 0. The Bertz CT molecular complexity index is 913. The number of hydrogen-bond donors (Lipinski definition) is 1.